The van der Waals surface area contributed by atoms with Gasteiger partial charge in [-0.25, -0.2) is 0 Å². The lowest BCUT2D eigenvalue weighted by molar-refractivity contribution is -0.138. The fourth-order valence-corrected chi connectivity index (χ4v) is 2.87. The zero-order chi connectivity index (χ0) is 21.2. The lowest BCUT2D eigenvalue weighted by Gasteiger charge is -2.18. The van der Waals surface area contributed by atoms with Crippen LogP contribution in [0.15, 0.2) is 59.7 Å². The van der Waals surface area contributed by atoms with E-state index in [0.717, 1.165) is 24.3 Å². The van der Waals surface area contributed by atoms with E-state index < -0.39 is 23.5 Å². The summed E-state index contributed by atoms with van der Waals surface area (Å²) in [6.45, 7) is 0.481. The first-order valence-corrected chi connectivity index (χ1v) is 8.55. The van der Waals surface area contributed by atoms with Crippen LogP contribution in [-0.4, -0.2) is 18.9 Å². The first-order chi connectivity index (χ1) is 13.5. The standard InChI is InChI=1S/C21H15F6NO.ClH/c22-20(23,24)17-5-1-13(2-6-17)9-15-11-28-12-16(19(15)29)10-14-3-7-18(8-4-14)21(25,26)27;/h1-10,28H,11-12H2;1H/b15-9+,16-10+;. The SMILES string of the molecule is Cl.O=C1/C(=C/c2ccc(C(F)(F)F)cc2)CNC/C1=C\c1ccc(C(F)(F)F)cc1. The molecule has 0 radical (unpaired) electrons. The van der Waals surface area contributed by atoms with E-state index in [1.807, 2.05) is 0 Å². The number of halogens is 7. The number of ketones is 1. The summed E-state index contributed by atoms with van der Waals surface area (Å²) in [4.78, 5) is 12.7. The zero-order valence-electron chi connectivity index (χ0n) is 15.3. The lowest BCUT2D eigenvalue weighted by atomic mass is 9.95. The van der Waals surface area contributed by atoms with Gasteiger partial charge in [-0.05, 0) is 47.5 Å². The molecule has 30 heavy (non-hydrogen) atoms. The fraction of sp³-hybridized carbons (Fsp3) is 0.190. The smallest absolute Gasteiger partial charge is 0.308 e. The molecule has 0 saturated carbocycles. The average molecular weight is 448 g/mol. The third-order valence-electron chi connectivity index (χ3n) is 4.37. The molecule has 2 nitrogen and oxygen atoms in total. The van der Waals surface area contributed by atoms with Gasteiger partial charge in [0, 0.05) is 24.2 Å². The number of piperidine rings is 1. The van der Waals surface area contributed by atoms with Gasteiger partial charge in [0.1, 0.15) is 0 Å². The summed E-state index contributed by atoms with van der Waals surface area (Å²) >= 11 is 0. The Labute approximate surface area is 174 Å². The maximum atomic E-state index is 12.7. The molecule has 9 heteroatoms. The molecule has 1 aliphatic heterocycles. The highest BCUT2D eigenvalue weighted by Crippen LogP contribution is 2.30. The van der Waals surface area contributed by atoms with Gasteiger partial charge in [-0.1, -0.05) is 24.3 Å². The maximum absolute atomic E-state index is 12.7. The quantitative estimate of drug-likeness (QED) is 0.466. The molecule has 1 fully saturated rings. The summed E-state index contributed by atoms with van der Waals surface area (Å²) in [7, 11) is 0. The predicted octanol–water partition coefficient (Wildman–Crippen LogP) is 5.79. The number of benzene rings is 2. The summed E-state index contributed by atoms with van der Waals surface area (Å²) in [5.74, 6) is -0.302. The number of carbonyl (C=O) groups is 1. The Balaban J connectivity index is 0.00000320. The molecular weight excluding hydrogens is 432 g/mol. The summed E-state index contributed by atoms with van der Waals surface area (Å²) in [5.41, 5.74) is 0.0347. The third-order valence-corrected chi connectivity index (χ3v) is 4.37. The van der Waals surface area contributed by atoms with Gasteiger partial charge in [-0.15, -0.1) is 12.4 Å². The van der Waals surface area contributed by atoms with E-state index in [0.29, 0.717) is 22.3 Å². The maximum Gasteiger partial charge on any atom is 0.416 e. The lowest BCUT2D eigenvalue weighted by Crippen LogP contribution is -2.32. The molecule has 1 N–H and O–H groups in total. The molecule has 2 aromatic rings. The van der Waals surface area contributed by atoms with E-state index >= 15 is 0 Å². The minimum Gasteiger partial charge on any atom is -0.308 e. The number of alkyl halides is 6. The van der Waals surface area contributed by atoms with Gasteiger partial charge in [0.05, 0.1) is 11.1 Å². The van der Waals surface area contributed by atoms with Crippen molar-refractivity contribution in [3.8, 4) is 0 Å². The predicted molar refractivity (Wildman–Crippen MR) is 104 cm³/mol. The highest BCUT2D eigenvalue weighted by molar-refractivity contribution is 6.14. The molecule has 0 spiro atoms. The molecule has 0 bridgehead atoms. The van der Waals surface area contributed by atoms with Crippen molar-refractivity contribution in [1.82, 2.24) is 5.32 Å². The Morgan fingerprint density at radius 2 is 1.00 bits per heavy atom. The van der Waals surface area contributed by atoms with Crippen molar-refractivity contribution in [2.45, 2.75) is 12.4 Å². The van der Waals surface area contributed by atoms with E-state index in [-0.39, 0.29) is 31.3 Å². The molecule has 1 aliphatic rings. The molecule has 1 heterocycles. The van der Waals surface area contributed by atoms with Crippen molar-refractivity contribution in [2.75, 3.05) is 13.1 Å². The molecule has 0 amide bonds. The Hall–Kier alpha value is -2.58. The molecule has 3 rings (SSSR count). The van der Waals surface area contributed by atoms with Gasteiger partial charge in [0.25, 0.3) is 0 Å². The summed E-state index contributed by atoms with van der Waals surface area (Å²) in [6, 6.07) is 8.85. The van der Waals surface area contributed by atoms with E-state index in [2.05, 4.69) is 5.32 Å². The second-order valence-corrected chi connectivity index (χ2v) is 6.51. The average Bonchev–Trinajstić information content (AvgIpc) is 2.64. The molecule has 0 aliphatic carbocycles. The Bertz CT molecular complexity index is 879. The van der Waals surface area contributed by atoms with Crippen LogP contribution < -0.4 is 5.32 Å². The van der Waals surface area contributed by atoms with Crippen LogP contribution in [0.2, 0.25) is 0 Å². The van der Waals surface area contributed by atoms with Gasteiger partial charge < -0.3 is 5.32 Å². The van der Waals surface area contributed by atoms with Crippen molar-refractivity contribution in [3.05, 3.63) is 81.9 Å². The topological polar surface area (TPSA) is 29.1 Å². The monoisotopic (exact) mass is 447 g/mol. The van der Waals surface area contributed by atoms with Gasteiger partial charge in [0.2, 0.25) is 0 Å². The number of nitrogens with one attached hydrogen (secondary N) is 1. The minimum absolute atomic E-state index is 0. The Morgan fingerprint density at radius 1 is 0.667 bits per heavy atom. The molecular formula is C21H16ClF6NO. The van der Waals surface area contributed by atoms with Gasteiger partial charge in [-0.3, -0.25) is 4.79 Å². The Kier molecular flexibility index (Phi) is 7.15. The highest BCUT2D eigenvalue weighted by atomic mass is 35.5. The van der Waals surface area contributed by atoms with Gasteiger partial charge >= 0.3 is 12.4 Å². The molecule has 160 valence electrons. The van der Waals surface area contributed by atoms with Crippen molar-refractivity contribution in [1.29, 1.82) is 0 Å². The fourth-order valence-electron chi connectivity index (χ4n) is 2.87. The van der Waals surface area contributed by atoms with Gasteiger partial charge in [-0.2, -0.15) is 26.3 Å². The van der Waals surface area contributed by atoms with Crippen molar-refractivity contribution < 1.29 is 31.1 Å². The highest BCUT2D eigenvalue weighted by Gasteiger charge is 2.30. The number of carbonyl (C=O) groups excluding carboxylic acids is 1. The summed E-state index contributed by atoms with van der Waals surface area (Å²) in [5, 5.41) is 3.01. The minimum atomic E-state index is -4.44. The van der Waals surface area contributed by atoms with Crippen molar-refractivity contribution in [2.24, 2.45) is 0 Å². The second kappa shape index (κ2) is 9.06. The first kappa shape index (κ1) is 23.7. The van der Waals surface area contributed by atoms with Crippen LogP contribution in [-0.2, 0) is 17.1 Å². The number of Topliss-reactive ketones (excluding diaryl/α,β-unsaturated/α-hetero) is 1. The van der Waals surface area contributed by atoms with Crippen molar-refractivity contribution >= 4 is 30.3 Å². The van der Waals surface area contributed by atoms with Crippen LogP contribution in [0.25, 0.3) is 12.2 Å². The molecule has 1 saturated heterocycles. The summed E-state index contributed by atoms with van der Waals surface area (Å²) < 4.78 is 75.8. The molecule has 0 unspecified atom stereocenters. The largest absolute Gasteiger partial charge is 0.416 e. The second-order valence-electron chi connectivity index (χ2n) is 6.51. The van der Waals surface area contributed by atoms with Crippen LogP contribution in [0.5, 0.6) is 0 Å². The van der Waals surface area contributed by atoms with Gasteiger partial charge in [0.15, 0.2) is 5.78 Å². The van der Waals surface area contributed by atoms with Crippen LogP contribution in [0, 0.1) is 0 Å². The van der Waals surface area contributed by atoms with E-state index in [1.165, 1.54) is 36.4 Å². The number of hydrogen-bond acceptors (Lipinski definition) is 2. The van der Waals surface area contributed by atoms with E-state index in [9.17, 15) is 31.1 Å². The normalized spacial score (nSPS) is 17.9. The van der Waals surface area contributed by atoms with Crippen LogP contribution in [0.1, 0.15) is 22.3 Å². The third kappa shape index (κ3) is 5.73. The van der Waals surface area contributed by atoms with Crippen molar-refractivity contribution in [3.63, 3.8) is 0 Å². The number of rotatable bonds is 2. The van der Waals surface area contributed by atoms with E-state index in [4.69, 9.17) is 0 Å². The number of hydrogen-bond donors (Lipinski definition) is 1. The van der Waals surface area contributed by atoms with Crippen LogP contribution >= 0.6 is 12.4 Å². The first-order valence-electron chi connectivity index (χ1n) is 8.55. The molecule has 2 aromatic carbocycles. The molecule has 0 aromatic heterocycles. The van der Waals surface area contributed by atoms with Crippen LogP contribution in [0.4, 0.5) is 26.3 Å². The zero-order valence-corrected chi connectivity index (χ0v) is 16.1. The van der Waals surface area contributed by atoms with E-state index in [1.54, 1.807) is 0 Å². The summed E-state index contributed by atoms with van der Waals surface area (Å²) in [6.07, 6.45) is -5.89. The van der Waals surface area contributed by atoms with Crippen LogP contribution in [0.3, 0.4) is 0 Å². The molecule has 0 atom stereocenters. The Morgan fingerprint density at radius 3 is 1.30 bits per heavy atom.